The molecule has 0 atom stereocenters. The highest BCUT2D eigenvalue weighted by molar-refractivity contribution is 7.62. The van der Waals surface area contributed by atoms with Crippen molar-refractivity contribution in [1.29, 1.82) is 0 Å². The topological polar surface area (TPSA) is 79.9 Å². The van der Waals surface area contributed by atoms with E-state index in [1.54, 1.807) is 32.0 Å². The Morgan fingerprint density at radius 1 is 0.895 bits per heavy atom. The highest BCUT2D eigenvalue weighted by atomic mass is 31.2. The maximum atomic E-state index is 13.5. The summed E-state index contributed by atoms with van der Waals surface area (Å²) in [6.45, 7) is 11.3. The van der Waals surface area contributed by atoms with Gasteiger partial charge in [-0.1, -0.05) is 56.3 Å². The van der Waals surface area contributed by atoms with Crippen LogP contribution in [0.25, 0.3) is 11.3 Å². The Labute approximate surface area is 225 Å². The second-order valence-electron chi connectivity index (χ2n) is 8.92. The van der Waals surface area contributed by atoms with E-state index in [4.69, 9.17) is 9.05 Å². The zero-order chi connectivity index (χ0) is 27.1. The third-order valence-electron chi connectivity index (χ3n) is 6.50. The van der Waals surface area contributed by atoms with Crippen LogP contribution in [0, 0.1) is 0 Å². The molecule has 200 valence electrons. The second kappa shape index (κ2) is 12.5. The Balaban J connectivity index is 1.78. The van der Waals surface area contributed by atoms with Crippen molar-refractivity contribution in [2.75, 3.05) is 36.9 Å². The summed E-state index contributed by atoms with van der Waals surface area (Å²) in [5, 5.41) is 6.87. The van der Waals surface area contributed by atoms with Gasteiger partial charge in [-0.2, -0.15) is 0 Å². The summed E-state index contributed by atoms with van der Waals surface area (Å²) in [6, 6.07) is 23.2. The molecule has 4 rings (SSSR count). The molecule has 0 unspecified atom stereocenters. The largest absolute Gasteiger partial charge is 0.361 e. The molecule has 1 amide bonds. The molecule has 1 aliphatic rings. The van der Waals surface area contributed by atoms with Gasteiger partial charge in [0.15, 0.2) is 0 Å². The number of amides is 1. The molecule has 0 fully saturated rings. The Morgan fingerprint density at radius 2 is 1.55 bits per heavy atom. The van der Waals surface area contributed by atoms with Gasteiger partial charge in [0, 0.05) is 23.5 Å². The van der Waals surface area contributed by atoms with Crippen molar-refractivity contribution in [2.45, 2.75) is 34.2 Å². The first-order valence-electron chi connectivity index (χ1n) is 13.2. The molecule has 0 saturated heterocycles. The first-order valence-corrected chi connectivity index (χ1v) is 14.7. The maximum absolute atomic E-state index is 13.5. The number of carbonyl (C=O) groups is 1. The molecule has 0 radical (unpaired) electrons. The van der Waals surface area contributed by atoms with Gasteiger partial charge in [-0.05, 0) is 68.4 Å². The molecule has 1 heterocycles. The van der Waals surface area contributed by atoms with Gasteiger partial charge >= 0.3 is 7.60 Å². The normalized spacial score (nSPS) is 14.4. The monoisotopic (exact) mass is 533 g/mol. The van der Waals surface area contributed by atoms with Crippen molar-refractivity contribution in [1.82, 2.24) is 4.90 Å². The lowest BCUT2D eigenvalue weighted by Crippen LogP contribution is -2.22. The molecular formula is C30H36N3O4P. The summed E-state index contributed by atoms with van der Waals surface area (Å²) in [4.78, 5) is 15.7. The SMILES string of the molecule is CCOP(=O)(OCC)c1ccc2c(c1)/C(=C(/Nc1ccc(CN(CC)CC)cc1)c1ccccc1)C(=O)N2. The van der Waals surface area contributed by atoms with Gasteiger partial charge in [-0.15, -0.1) is 0 Å². The first-order chi connectivity index (χ1) is 18.4. The highest BCUT2D eigenvalue weighted by Crippen LogP contribution is 2.48. The number of nitrogens with zero attached hydrogens (tertiary/aromatic N) is 1. The van der Waals surface area contributed by atoms with E-state index in [9.17, 15) is 9.36 Å². The van der Waals surface area contributed by atoms with Gasteiger partial charge in [0.1, 0.15) is 0 Å². The summed E-state index contributed by atoms with van der Waals surface area (Å²) in [5.41, 5.74) is 5.39. The van der Waals surface area contributed by atoms with Gasteiger partial charge in [0.05, 0.1) is 29.8 Å². The van der Waals surface area contributed by atoms with Crippen LogP contribution in [0.15, 0.2) is 72.8 Å². The van der Waals surface area contributed by atoms with Crippen molar-refractivity contribution >= 4 is 41.5 Å². The van der Waals surface area contributed by atoms with Crippen molar-refractivity contribution in [3.05, 3.63) is 89.5 Å². The average Bonchev–Trinajstić information content (AvgIpc) is 3.26. The fraction of sp³-hybridized carbons (Fsp3) is 0.300. The number of hydrogen-bond donors (Lipinski definition) is 2. The number of benzene rings is 3. The van der Waals surface area contributed by atoms with Crippen molar-refractivity contribution < 1.29 is 18.4 Å². The van der Waals surface area contributed by atoms with Crippen LogP contribution in [0.4, 0.5) is 11.4 Å². The molecule has 3 aromatic carbocycles. The van der Waals surface area contributed by atoms with Crippen LogP contribution in [0.1, 0.15) is 44.4 Å². The van der Waals surface area contributed by atoms with Crippen LogP contribution in [-0.2, 0) is 25.0 Å². The summed E-state index contributed by atoms with van der Waals surface area (Å²) < 4.78 is 24.6. The van der Waals surface area contributed by atoms with E-state index in [2.05, 4.69) is 41.5 Å². The van der Waals surface area contributed by atoms with Crippen molar-refractivity contribution in [3.63, 3.8) is 0 Å². The number of carbonyl (C=O) groups excluding carboxylic acids is 1. The van der Waals surface area contributed by atoms with E-state index in [1.807, 2.05) is 42.5 Å². The first kappa shape index (κ1) is 27.8. The van der Waals surface area contributed by atoms with Crippen LogP contribution in [0.3, 0.4) is 0 Å². The number of nitrogens with one attached hydrogen (secondary N) is 2. The zero-order valence-electron chi connectivity index (χ0n) is 22.5. The fourth-order valence-electron chi connectivity index (χ4n) is 4.53. The van der Waals surface area contributed by atoms with Gasteiger partial charge in [0.25, 0.3) is 5.91 Å². The fourth-order valence-corrected chi connectivity index (χ4v) is 6.12. The third-order valence-corrected chi connectivity index (χ3v) is 8.61. The second-order valence-corrected chi connectivity index (χ2v) is 10.9. The Hall–Kier alpha value is -3.22. The Kier molecular flexibility index (Phi) is 9.18. The van der Waals surface area contributed by atoms with E-state index in [0.29, 0.717) is 27.8 Å². The Morgan fingerprint density at radius 3 is 2.16 bits per heavy atom. The molecule has 8 heteroatoms. The summed E-state index contributed by atoms with van der Waals surface area (Å²) in [7, 11) is -3.53. The molecule has 0 aliphatic carbocycles. The molecule has 0 spiro atoms. The molecule has 2 N–H and O–H groups in total. The van der Waals surface area contributed by atoms with E-state index in [0.717, 1.165) is 30.9 Å². The minimum absolute atomic E-state index is 0.232. The van der Waals surface area contributed by atoms with Gasteiger partial charge in [-0.3, -0.25) is 14.3 Å². The smallest absolute Gasteiger partial charge is 0.354 e. The minimum atomic E-state index is -3.53. The Bertz CT molecular complexity index is 1330. The van der Waals surface area contributed by atoms with Crippen molar-refractivity contribution in [2.24, 2.45) is 0 Å². The number of fused-ring (bicyclic) bond motifs is 1. The molecule has 0 saturated carbocycles. The van der Waals surface area contributed by atoms with Crippen LogP contribution in [0.5, 0.6) is 0 Å². The predicted molar refractivity (Wildman–Crippen MR) is 156 cm³/mol. The van der Waals surface area contributed by atoms with E-state index < -0.39 is 7.60 Å². The molecule has 3 aromatic rings. The lowest BCUT2D eigenvalue weighted by atomic mass is 10.00. The van der Waals surface area contributed by atoms with Crippen LogP contribution in [0.2, 0.25) is 0 Å². The number of rotatable bonds is 12. The predicted octanol–water partition coefficient (Wildman–Crippen LogP) is 6.35. The third kappa shape index (κ3) is 6.08. The van der Waals surface area contributed by atoms with Gasteiger partial charge < -0.3 is 19.7 Å². The highest BCUT2D eigenvalue weighted by Gasteiger charge is 2.33. The molecule has 38 heavy (non-hydrogen) atoms. The van der Waals surface area contributed by atoms with Crippen LogP contribution < -0.4 is 15.9 Å². The van der Waals surface area contributed by atoms with Gasteiger partial charge in [0.2, 0.25) is 0 Å². The summed E-state index contributed by atoms with van der Waals surface area (Å²) in [5.74, 6) is -0.232. The quantitative estimate of drug-likeness (QED) is 0.209. The molecular weight excluding hydrogens is 497 g/mol. The molecule has 7 nitrogen and oxygen atoms in total. The lowest BCUT2D eigenvalue weighted by Gasteiger charge is -2.19. The minimum Gasteiger partial charge on any atom is -0.354 e. The van der Waals surface area contributed by atoms with Gasteiger partial charge in [-0.25, -0.2) is 0 Å². The molecule has 1 aliphatic heterocycles. The lowest BCUT2D eigenvalue weighted by molar-refractivity contribution is -0.110. The molecule has 0 aromatic heterocycles. The summed E-state index contributed by atoms with van der Waals surface area (Å²) >= 11 is 0. The maximum Gasteiger partial charge on any atom is 0.361 e. The van der Waals surface area contributed by atoms with E-state index in [1.165, 1.54) is 5.56 Å². The van der Waals surface area contributed by atoms with E-state index in [-0.39, 0.29) is 19.1 Å². The molecule has 0 bridgehead atoms. The number of hydrogen-bond acceptors (Lipinski definition) is 6. The van der Waals surface area contributed by atoms with Crippen LogP contribution in [-0.4, -0.2) is 37.1 Å². The van der Waals surface area contributed by atoms with E-state index >= 15 is 0 Å². The average molecular weight is 534 g/mol. The summed E-state index contributed by atoms with van der Waals surface area (Å²) in [6.07, 6.45) is 0. The number of anilines is 2. The van der Waals surface area contributed by atoms with Crippen molar-refractivity contribution in [3.8, 4) is 0 Å². The van der Waals surface area contributed by atoms with Crippen LogP contribution >= 0.6 is 7.60 Å². The standard InChI is InChI=1S/C30H36N3O4P/c1-5-33(6-2)21-22-14-16-24(17-15-22)31-29(23-12-10-9-11-13-23)28-26-20-25(18-19-27(26)32-30(28)34)38(35,36-7-3)37-8-4/h9-20,31H,5-8,21H2,1-4H3,(H,32,34)/b29-28-. The zero-order valence-corrected chi connectivity index (χ0v) is 23.4.